The van der Waals surface area contributed by atoms with Gasteiger partial charge < -0.3 is 9.94 Å². The van der Waals surface area contributed by atoms with Crippen molar-refractivity contribution in [2.24, 2.45) is 7.05 Å². The maximum absolute atomic E-state index is 13.3. The molecule has 0 bridgehead atoms. The van der Waals surface area contributed by atoms with Crippen LogP contribution in [0.5, 0.6) is 5.88 Å². The summed E-state index contributed by atoms with van der Waals surface area (Å²) in [5.74, 6) is -1.15. The van der Waals surface area contributed by atoms with Gasteiger partial charge >= 0.3 is 17.4 Å². The molecule has 162 valence electrons. The zero-order valence-corrected chi connectivity index (χ0v) is 16.1. The first kappa shape index (κ1) is 23.1. The molecule has 2 heterocycles. The summed E-state index contributed by atoms with van der Waals surface area (Å²) in [5, 5.41) is 13.9. The Bertz CT molecular complexity index is 1020. The normalized spacial score (nSPS) is 14.1. The monoisotopic (exact) mass is 467 g/mol. The molecule has 0 aromatic carbocycles. The standard InChI is InChI=1S/C14H12ClF6N3O4S/c1-7-3-4-24(25)8(5-7)29(26,27)11(15)9-10(14(19,20)21)22-23(2)12(9)28-6-13(16,17)18/h3-5,11H,6H2,1-2H3. The lowest BCUT2D eigenvalue weighted by molar-refractivity contribution is -0.646. The maximum atomic E-state index is 13.3. The highest BCUT2D eigenvalue weighted by atomic mass is 35.5. The molecule has 0 saturated heterocycles. The van der Waals surface area contributed by atoms with Crippen molar-refractivity contribution in [1.82, 2.24) is 9.78 Å². The first-order valence-corrected chi connectivity index (χ1v) is 9.45. The van der Waals surface area contributed by atoms with Crippen LogP contribution in [0.25, 0.3) is 0 Å². The SMILES string of the molecule is Cc1cc[n+]([O-])c(S(=O)(=O)C(Cl)c2c(C(F)(F)F)nn(C)c2OCC(F)(F)F)c1. The van der Waals surface area contributed by atoms with Crippen molar-refractivity contribution in [2.75, 3.05) is 6.61 Å². The molecule has 1 unspecified atom stereocenters. The van der Waals surface area contributed by atoms with Gasteiger partial charge in [-0.2, -0.15) is 36.2 Å². The molecule has 0 saturated carbocycles. The minimum absolute atomic E-state index is 0.141. The molecule has 15 heteroatoms. The van der Waals surface area contributed by atoms with E-state index in [-0.39, 0.29) is 15.0 Å². The fourth-order valence-corrected chi connectivity index (χ4v) is 4.16. The second-order valence-electron chi connectivity index (χ2n) is 5.82. The van der Waals surface area contributed by atoms with Crippen molar-refractivity contribution in [3.63, 3.8) is 0 Å². The number of hydrogen-bond donors (Lipinski definition) is 0. The van der Waals surface area contributed by atoms with Gasteiger partial charge in [-0.3, -0.25) is 0 Å². The Hall–Kier alpha value is -2.22. The molecule has 1 atom stereocenters. The summed E-state index contributed by atoms with van der Waals surface area (Å²) in [5.41, 5.74) is -2.94. The second-order valence-corrected chi connectivity index (χ2v) is 8.50. The third kappa shape index (κ3) is 4.86. The molecular weight excluding hydrogens is 456 g/mol. The molecule has 0 amide bonds. The Morgan fingerprint density at radius 2 is 1.90 bits per heavy atom. The van der Waals surface area contributed by atoms with Gasteiger partial charge in [0, 0.05) is 19.2 Å². The highest BCUT2D eigenvalue weighted by Gasteiger charge is 2.47. The van der Waals surface area contributed by atoms with E-state index in [1.807, 2.05) is 0 Å². The zero-order chi connectivity index (χ0) is 22.4. The van der Waals surface area contributed by atoms with Gasteiger partial charge in [0.05, 0.1) is 5.56 Å². The number of sulfone groups is 1. The molecule has 2 aromatic heterocycles. The predicted molar refractivity (Wildman–Crippen MR) is 85.7 cm³/mol. The molecule has 0 aliphatic rings. The van der Waals surface area contributed by atoms with Crippen LogP contribution < -0.4 is 9.47 Å². The van der Waals surface area contributed by atoms with E-state index in [1.165, 1.54) is 13.0 Å². The van der Waals surface area contributed by atoms with E-state index in [0.29, 0.717) is 0 Å². The minimum Gasteiger partial charge on any atom is -0.618 e. The highest BCUT2D eigenvalue weighted by molar-refractivity contribution is 7.92. The first-order valence-electron chi connectivity index (χ1n) is 7.47. The van der Waals surface area contributed by atoms with Gasteiger partial charge in [0.1, 0.15) is 0 Å². The number of nitrogens with zero attached hydrogens (tertiary/aromatic N) is 3. The van der Waals surface area contributed by atoms with E-state index >= 15 is 0 Å². The Labute approximate surface area is 164 Å². The number of hydrogen-bond acceptors (Lipinski definition) is 5. The number of pyridine rings is 1. The Kier molecular flexibility index (Phi) is 6.01. The van der Waals surface area contributed by atoms with E-state index in [2.05, 4.69) is 9.84 Å². The minimum atomic E-state index is -5.27. The third-order valence-corrected chi connectivity index (χ3v) is 6.09. The van der Waals surface area contributed by atoms with Crippen LogP contribution in [-0.4, -0.2) is 31.0 Å². The van der Waals surface area contributed by atoms with Crippen LogP contribution in [0.15, 0.2) is 23.4 Å². The second kappa shape index (κ2) is 7.55. The van der Waals surface area contributed by atoms with Gasteiger partial charge in [-0.05, 0) is 12.5 Å². The van der Waals surface area contributed by atoms with E-state index in [9.17, 15) is 40.0 Å². The summed E-state index contributed by atoms with van der Waals surface area (Å²) >= 11 is 5.78. The molecule has 2 rings (SSSR count). The molecule has 0 aliphatic carbocycles. The molecule has 0 fully saturated rings. The highest BCUT2D eigenvalue weighted by Crippen LogP contribution is 2.44. The summed E-state index contributed by atoms with van der Waals surface area (Å²) in [7, 11) is -4.17. The van der Waals surface area contributed by atoms with Crippen molar-refractivity contribution in [1.29, 1.82) is 0 Å². The Morgan fingerprint density at radius 1 is 1.31 bits per heavy atom. The maximum Gasteiger partial charge on any atom is 0.435 e. The van der Waals surface area contributed by atoms with Crippen LogP contribution in [0, 0.1) is 12.1 Å². The summed E-state index contributed by atoms with van der Waals surface area (Å²) in [6, 6.07) is 2.09. The third-order valence-electron chi connectivity index (χ3n) is 3.50. The number of halogens is 7. The van der Waals surface area contributed by atoms with Crippen LogP contribution in [0.4, 0.5) is 26.3 Å². The van der Waals surface area contributed by atoms with Crippen LogP contribution in [0.3, 0.4) is 0 Å². The zero-order valence-electron chi connectivity index (χ0n) is 14.5. The molecule has 29 heavy (non-hydrogen) atoms. The van der Waals surface area contributed by atoms with Gasteiger partial charge in [-0.25, -0.2) is 13.1 Å². The number of aryl methyl sites for hydroxylation is 2. The van der Waals surface area contributed by atoms with Crippen LogP contribution >= 0.6 is 11.6 Å². The predicted octanol–water partition coefficient (Wildman–Crippen LogP) is 3.03. The van der Waals surface area contributed by atoms with Crippen LogP contribution in [-0.2, 0) is 23.1 Å². The largest absolute Gasteiger partial charge is 0.618 e. The van der Waals surface area contributed by atoms with Gasteiger partial charge in [-0.15, -0.1) is 0 Å². The number of alkyl halides is 7. The molecule has 0 radical (unpaired) electrons. The first-order chi connectivity index (χ1) is 13.1. The molecular formula is C14H12ClF6N3O4S. The van der Waals surface area contributed by atoms with Crippen molar-refractivity contribution in [3.05, 3.63) is 40.4 Å². The van der Waals surface area contributed by atoms with Crippen LogP contribution in [0.1, 0.15) is 21.5 Å². The summed E-state index contributed by atoms with van der Waals surface area (Å²) < 4.78 is 105. The average molecular weight is 468 g/mol. The van der Waals surface area contributed by atoms with Crippen molar-refractivity contribution < 1.29 is 44.2 Å². The van der Waals surface area contributed by atoms with E-state index in [4.69, 9.17) is 11.6 Å². The lowest BCUT2D eigenvalue weighted by Gasteiger charge is -2.16. The van der Waals surface area contributed by atoms with Crippen LogP contribution in [0.2, 0.25) is 0 Å². The average Bonchev–Trinajstić information content (AvgIpc) is 2.90. The Balaban J connectivity index is 2.68. The fourth-order valence-electron chi connectivity index (χ4n) is 2.29. The lowest BCUT2D eigenvalue weighted by atomic mass is 10.2. The van der Waals surface area contributed by atoms with Crippen molar-refractivity contribution in [3.8, 4) is 5.88 Å². The molecule has 0 spiro atoms. The quantitative estimate of drug-likeness (QED) is 0.292. The van der Waals surface area contributed by atoms with Gasteiger partial charge in [0.2, 0.25) is 5.88 Å². The van der Waals surface area contributed by atoms with Gasteiger partial charge in [0.15, 0.2) is 23.2 Å². The summed E-state index contributed by atoms with van der Waals surface area (Å²) in [6.07, 6.45) is -9.41. The number of rotatable bonds is 5. The lowest BCUT2D eigenvalue weighted by Crippen LogP contribution is -2.35. The van der Waals surface area contributed by atoms with E-state index in [1.54, 1.807) is 0 Å². The number of aromatic nitrogens is 3. The summed E-state index contributed by atoms with van der Waals surface area (Å²) in [6.45, 7) is -0.613. The fraction of sp³-hybridized carbons (Fsp3) is 0.429. The molecule has 0 N–H and O–H groups in total. The van der Waals surface area contributed by atoms with Crippen molar-refractivity contribution in [2.45, 2.75) is 29.0 Å². The Morgan fingerprint density at radius 3 is 2.41 bits per heavy atom. The molecule has 2 aromatic rings. The molecule has 7 nitrogen and oxygen atoms in total. The topological polar surface area (TPSA) is 88.1 Å². The van der Waals surface area contributed by atoms with Gasteiger partial charge in [0.25, 0.3) is 9.84 Å². The van der Waals surface area contributed by atoms with Crippen molar-refractivity contribution >= 4 is 21.4 Å². The van der Waals surface area contributed by atoms with Gasteiger partial charge in [-0.1, -0.05) is 11.6 Å². The molecule has 0 aliphatic heterocycles. The van der Waals surface area contributed by atoms with E-state index in [0.717, 1.165) is 19.3 Å². The summed E-state index contributed by atoms with van der Waals surface area (Å²) in [4.78, 5) is 0. The number of ether oxygens (including phenoxy) is 1. The van der Waals surface area contributed by atoms with E-state index < -0.39 is 55.7 Å². The smallest absolute Gasteiger partial charge is 0.435 e.